The van der Waals surface area contributed by atoms with Gasteiger partial charge in [0.15, 0.2) is 0 Å². The monoisotopic (exact) mass is 404 g/mol. The van der Waals surface area contributed by atoms with Crippen LogP contribution in [0.15, 0.2) is 18.2 Å². The Labute approximate surface area is 170 Å². The summed E-state index contributed by atoms with van der Waals surface area (Å²) < 4.78 is 24.6. The fraction of sp³-hybridized carbons (Fsp3) is 0.636. The molecule has 0 N–H and O–H groups in total. The van der Waals surface area contributed by atoms with E-state index in [0.29, 0.717) is 31.8 Å². The molecule has 158 valence electrons. The van der Waals surface area contributed by atoms with E-state index in [4.69, 9.17) is 9.47 Å². The van der Waals surface area contributed by atoms with Gasteiger partial charge in [-0.25, -0.2) is 4.39 Å². The maximum absolute atomic E-state index is 13.7. The molecular weight excluding hydrogens is 375 g/mol. The standard InChI is InChI=1S/C22H29FN2O4/c1-28-19-5-4-16(23)13-18(19)21(27)24-10-8-22(9-11-24)7-6-20(26)25(15-22)14-17-3-2-12-29-17/h4-5,13,17H,2-3,6-12,14-15H2,1H3/t17-/m0/s1. The second-order valence-corrected chi connectivity index (χ2v) is 8.55. The predicted octanol–water partition coefficient (Wildman–Crippen LogP) is 2.86. The van der Waals surface area contributed by atoms with Gasteiger partial charge >= 0.3 is 0 Å². The lowest BCUT2D eigenvalue weighted by atomic mass is 9.72. The molecule has 0 saturated carbocycles. The predicted molar refractivity (Wildman–Crippen MR) is 105 cm³/mol. The van der Waals surface area contributed by atoms with E-state index in [1.165, 1.54) is 25.3 Å². The molecule has 1 atom stereocenters. The van der Waals surface area contributed by atoms with Crippen LogP contribution in [0, 0.1) is 11.2 Å². The molecule has 0 bridgehead atoms. The zero-order valence-corrected chi connectivity index (χ0v) is 17.0. The maximum atomic E-state index is 13.7. The van der Waals surface area contributed by atoms with Gasteiger partial charge in [0.1, 0.15) is 11.6 Å². The molecule has 1 aromatic rings. The Hall–Kier alpha value is -2.15. The molecule has 6 nitrogen and oxygen atoms in total. The van der Waals surface area contributed by atoms with E-state index in [1.54, 1.807) is 4.90 Å². The summed E-state index contributed by atoms with van der Waals surface area (Å²) in [7, 11) is 1.48. The van der Waals surface area contributed by atoms with E-state index in [0.717, 1.165) is 45.3 Å². The third kappa shape index (κ3) is 4.25. The number of amides is 2. The summed E-state index contributed by atoms with van der Waals surface area (Å²) in [6.07, 6.45) is 5.40. The van der Waals surface area contributed by atoms with Gasteiger partial charge in [-0.1, -0.05) is 0 Å². The fourth-order valence-electron chi connectivity index (χ4n) is 4.91. The molecular formula is C22H29FN2O4. The van der Waals surface area contributed by atoms with Crippen LogP contribution in [0.25, 0.3) is 0 Å². The Kier molecular flexibility index (Phi) is 5.76. The van der Waals surface area contributed by atoms with Gasteiger partial charge in [-0.3, -0.25) is 9.59 Å². The molecule has 0 aliphatic carbocycles. The van der Waals surface area contributed by atoms with E-state index in [1.807, 2.05) is 4.90 Å². The van der Waals surface area contributed by atoms with Crippen molar-refractivity contribution in [3.63, 3.8) is 0 Å². The minimum atomic E-state index is -0.446. The molecule has 3 fully saturated rings. The van der Waals surface area contributed by atoms with E-state index in [2.05, 4.69) is 0 Å². The highest BCUT2D eigenvalue weighted by Crippen LogP contribution is 2.41. The van der Waals surface area contributed by atoms with Crippen LogP contribution >= 0.6 is 0 Å². The molecule has 7 heteroatoms. The molecule has 0 radical (unpaired) electrons. The van der Waals surface area contributed by atoms with Gasteiger partial charge in [0.25, 0.3) is 5.91 Å². The molecule has 3 heterocycles. The Morgan fingerprint density at radius 3 is 2.79 bits per heavy atom. The smallest absolute Gasteiger partial charge is 0.257 e. The molecule has 2 amide bonds. The van der Waals surface area contributed by atoms with Gasteiger partial charge < -0.3 is 19.3 Å². The summed E-state index contributed by atoms with van der Waals surface area (Å²) in [5, 5.41) is 0. The van der Waals surface area contributed by atoms with Gasteiger partial charge in [-0.15, -0.1) is 0 Å². The highest BCUT2D eigenvalue weighted by Gasteiger charge is 2.42. The number of piperidine rings is 2. The van der Waals surface area contributed by atoms with Crippen molar-refractivity contribution < 1.29 is 23.5 Å². The minimum Gasteiger partial charge on any atom is -0.496 e. The van der Waals surface area contributed by atoms with Crippen molar-refractivity contribution in [3.8, 4) is 5.75 Å². The zero-order chi connectivity index (χ0) is 20.4. The molecule has 3 aliphatic heterocycles. The van der Waals surface area contributed by atoms with E-state index in [-0.39, 0.29) is 28.9 Å². The number of likely N-dealkylation sites (tertiary alicyclic amines) is 2. The Morgan fingerprint density at radius 2 is 2.10 bits per heavy atom. The number of methoxy groups -OCH3 is 1. The lowest BCUT2D eigenvalue weighted by Crippen LogP contribution is -2.53. The van der Waals surface area contributed by atoms with Crippen LogP contribution in [-0.4, -0.2) is 67.6 Å². The number of benzene rings is 1. The SMILES string of the molecule is COc1ccc(F)cc1C(=O)N1CCC2(CCC(=O)N(C[C@@H]3CCCO3)C2)CC1. The first-order valence-corrected chi connectivity index (χ1v) is 10.5. The first kappa shape index (κ1) is 20.1. The topological polar surface area (TPSA) is 59.1 Å². The molecule has 4 rings (SSSR count). The van der Waals surface area contributed by atoms with E-state index < -0.39 is 5.82 Å². The minimum absolute atomic E-state index is 0.0648. The highest BCUT2D eigenvalue weighted by molar-refractivity contribution is 5.97. The Balaban J connectivity index is 1.40. The van der Waals surface area contributed by atoms with E-state index >= 15 is 0 Å². The lowest BCUT2D eigenvalue weighted by molar-refractivity contribution is -0.141. The van der Waals surface area contributed by atoms with Crippen molar-refractivity contribution in [2.45, 2.75) is 44.6 Å². The quantitative estimate of drug-likeness (QED) is 0.774. The molecule has 0 unspecified atom stereocenters. The summed E-state index contributed by atoms with van der Waals surface area (Å²) in [5.41, 5.74) is 0.331. The number of rotatable bonds is 4. The number of ether oxygens (including phenoxy) is 2. The second-order valence-electron chi connectivity index (χ2n) is 8.55. The van der Waals surface area contributed by atoms with Gasteiger partial charge in [-0.05, 0) is 55.7 Å². The average Bonchev–Trinajstić information content (AvgIpc) is 3.24. The maximum Gasteiger partial charge on any atom is 0.257 e. The van der Waals surface area contributed by atoms with Crippen molar-refractivity contribution in [2.75, 3.05) is 39.9 Å². The van der Waals surface area contributed by atoms with Crippen molar-refractivity contribution in [1.82, 2.24) is 9.80 Å². The van der Waals surface area contributed by atoms with Crippen LogP contribution in [0.4, 0.5) is 4.39 Å². The summed E-state index contributed by atoms with van der Waals surface area (Å²) in [6.45, 7) is 3.44. The van der Waals surface area contributed by atoms with Crippen LogP contribution in [0.3, 0.4) is 0 Å². The van der Waals surface area contributed by atoms with Gasteiger partial charge in [0, 0.05) is 39.2 Å². The lowest BCUT2D eigenvalue weighted by Gasteiger charge is -2.47. The molecule has 0 aromatic heterocycles. The van der Waals surface area contributed by atoms with Crippen molar-refractivity contribution in [3.05, 3.63) is 29.6 Å². The number of nitrogens with zero attached hydrogens (tertiary/aromatic N) is 2. The van der Waals surface area contributed by atoms with Crippen molar-refractivity contribution in [1.29, 1.82) is 0 Å². The normalized spacial score (nSPS) is 24.2. The van der Waals surface area contributed by atoms with E-state index in [9.17, 15) is 14.0 Å². The third-order valence-electron chi connectivity index (χ3n) is 6.70. The Morgan fingerprint density at radius 1 is 1.31 bits per heavy atom. The summed E-state index contributed by atoms with van der Waals surface area (Å²) in [4.78, 5) is 29.1. The van der Waals surface area contributed by atoms with Crippen LogP contribution in [0.1, 0.15) is 48.9 Å². The zero-order valence-electron chi connectivity index (χ0n) is 17.0. The van der Waals surface area contributed by atoms with Crippen LogP contribution in [0.5, 0.6) is 5.75 Å². The molecule has 3 saturated heterocycles. The average molecular weight is 404 g/mol. The van der Waals surface area contributed by atoms with Crippen molar-refractivity contribution >= 4 is 11.8 Å². The Bertz CT molecular complexity index is 770. The van der Waals surface area contributed by atoms with Crippen molar-refractivity contribution in [2.24, 2.45) is 5.41 Å². The number of hydrogen-bond acceptors (Lipinski definition) is 4. The largest absolute Gasteiger partial charge is 0.496 e. The fourth-order valence-corrected chi connectivity index (χ4v) is 4.91. The summed E-state index contributed by atoms with van der Waals surface area (Å²) in [6, 6.07) is 4.03. The molecule has 1 aromatic carbocycles. The molecule has 3 aliphatic rings. The summed E-state index contributed by atoms with van der Waals surface area (Å²) >= 11 is 0. The first-order chi connectivity index (χ1) is 14.0. The number of halogens is 1. The third-order valence-corrected chi connectivity index (χ3v) is 6.70. The first-order valence-electron chi connectivity index (χ1n) is 10.5. The molecule has 1 spiro atoms. The van der Waals surface area contributed by atoms with Gasteiger partial charge in [-0.2, -0.15) is 0 Å². The van der Waals surface area contributed by atoms with Crippen LogP contribution in [-0.2, 0) is 9.53 Å². The number of carbonyl (C=O) groups is 2. The number of carbonyl (C=O) groups excluding carboxylic acids is 2. The highest BCUT2D eigenvalue weighted by atomic mass is 19.1. The van der Waals surface area contributed by atoms with Crippen LogP contribution in [0.2, 0.25) is 0 Å². The number of hydrogen-bond donors (Lipinski definition) is 0. The van der Waals surface area contributed by atoms with Gasteiger partial charge in [0.2, 0.25) is 5.91 Å². The summed E-state index contributed by atoms with van der Waals surface area (Å²) in [5.74, 6) is -0.0330. The second kappa shape index (κ2) is 8.30. The van der Waals surface area contributed by atoms with Crippen LogP contribution < -0.4 is 4.74 Å². The van der Waals surface area contributed by atoms with Gasteiger partial charge in [0.05, 0.1) is 18.8 Å². The molecule has 29 heavy (non-hydrogen) atoms.